The average molecular weight is 459 g/mol. The first-order valence-electron chi connectivity index (χ1n) is 14.3. The lowest BCUT2D eigenvalue weighted by Gasteiger charge is -2.63. The molecule has 5 aliphatic carbocycles. The first-order chi connectivity index (χ1) is 15.3. The second-order valence-electron chi connectivity index (χ2n) is 15.3. The third-order valence-electron chi connectivity index (χ3n) is 13.8. The molecule has 3 heteroatoms. The fourth-order valence-corrected chi connectivity index (χ4v) is 11.8. The van der Waals surface area contributed by atoms with Gasteiger partial charge in [-0.15, -0.1) is 0 Å². The van der Waals surface area contributed by atoms with E-state index in [0.717, 1.165) is 37.2 Å². The van der Waals surface area contributed by atoms with Gasteiger partial charge in [0.25, 0.3) is 0 Å². The zero-order chi connectivity index (χ0) is 23.7. The van der Waals surface area contributed by atoms with Crippen molar-refractivity contribution < 1.29 is 14.9 Å². The Labute approximate surface area is 202 Å². The van der Waals surface area contributed by atoms with Crippen molar-refractivity contribution in [1.82, 2.24) is 0 Å². The van der Waals surface area contributed by atoms with E-state index in [1.807, 2.05) is 13.8 Å². The lowest BCUT2D eigenvalue weighted by Crippen LogP contribution is -2.58. The zero-order valence-corrected chi connectivity index (χ0v) is 22.3. The summed E-state index contributed by atoms with van der Waals surface area (Å²) in [5.41, 5.74) is 1.36. The number of aliphatic hydroxyl groups excluding tert-OH is 1. The predicted molar refractivity (Wildman–Crippen MR) is 132 cm³/mol. The van der Waals surface area contributed by atoms with Crippen LogP contribution >= 0.6 is 0 Å². The van der Waals surface area contributed by atoms with Crippen molar-refractivity contribution in [3.8, 4) is 0 Å². The topological polar surface area (TPSA) is 49.7 Å². The summed E-state index contributed by atoms with van der Waals surface area (Å²) in [7, 11) is 0. The molecule has 6 rings (SSSR count). The van der Waals surface area contributed by atoms with Gasteiger partial charge in [0.15, 0.2) is 0 Å². The molecule has 2 spiro atoms. The molecule has 1 heterocycles. The molecule has 0 aromatic rings. The number of hydrogen-bond donors (Lipinski definition) is 2. The number of fused-ring (bicyclic) bond motifs is 2. The predicted octanol–water partition coefficient (Wildman–Crippen LogP) is 6.35. The highest BCUT2D eigenvalue weighted by molar-refractivity contribution is 5.30. The van der Waals surface area contributed by atoms with Crippen LogP contribution in [0.4, 0.5) is 0 Å². The highest BCUT2D eigenvalue weighted by Gasteiger charge is 2.82. The minimum absolute atomic E-state index is 0.00410. The number of ether oxygens (including phenoxy) is 1. The van der Waals surface area contributed by atoms with E-state index in [4.69, 9.17) is 4.74 Å². The minimum Gasteiger partial charge on any atom is -0.393 e. The molecule has 188 valence electrons. The largest absolute Gasteiger partial charge is 0.393 e. The molecular formula is C30H50O3. The van der Waals surface area contributed by atoms with Crippen LogP contribution in [0.15, 0.2) is 0 Å². The van der Waals surface area contributed by atoms with E-state index >= 15 is 0 Å². The number of rotatable bonds is 2. The van der Waals surface area contributed by atoms with Crippen LogP contribution in [0.3, 0.4) is 0 Å². The minimum atomic E-state index is -0.726. The normalized spacial score (nSPS) is 57.5. The Hall–Kier alpha value is -0.120. The fourth-order valence-electron chi connectivity index (χ4n) is 11.8. The van der Waals surface area contributed by atoms with Gasteiger partial charge in [-0.3, -0.25) is 0 Å². The fraction of sp³-hybridized carbons (Fsp3) is 1.00. The van der Waals surface area contributed by atoms with E-state index < -0.39 is 5.60 Å². The Kier molecular flexibility index (Phi) is 4.80. The van der Waals surface area contributed by atoms with Crippen molar-refractivity contribution in [3.63, 3.8) is 0 Å². The van der Waals surface area contributed by atoms with Gasteiger partial charge in [-0.2, -0.15) is 0 Å². The number of aliphatic hydroxyl groups is 2. The summed E-state index contributed by atoms with van der Waals surface area (Å²) in [6, 6.07) is 0. The third kappa shape index (κ3) is 2.74. The van der Waals surface area contributed by atoms with Gasteiger partial charge < -0.3 is 14.9 Å². The first kappa shape index (κ1) is 23.3. The molecular weight excluding hydrogens is 408 g/mol. The Bertz CT molecular complexity index is 806. The maximum absolute atomic E-state index is 10.9. The molecule has 10 atom stereocenters. The zero-order valence-electron chi connectivity index (χ0n) is 22.3. The van der Waals surface area contributed by atoms with Crippen LogP contribution < -0.4 is 0 Å². The second-order valence-corrected chi connectivity index (χ2v) is 15.3. The Morgan fingerprint density at radius 2 is 1.45 bits per heavy atom. The molecule has 3 nitrogen and oxygen atoms in total. The van der Waals surface area contributed by atoms with Crippen molar-refractivity contribution in [2.75, 3.05) is 6.61 Å². The highest BCUT2D eigenvalue weighted by Crippen LogP contribution is 2.89. The standard InChI is InChI=1S/C30H50O3/c1-25(2)21-8-9-22-28(6)13-11-20(19-7-10-24(33-17-19)26(3,4)32)27(28,5)15-16-30(22)18-29(21,30)14-12-23(25)31/h19-24,31-32H,7-18H2,1-6H3/t19-,20+,21-,22-,23-,24+,27+,28-,29+,30-/m0/s1. The van der Waals surface area contributed by atoms with Crippen molar-refractivity contribution >= 4 is 0 Å². The Morgan fingerprint density at radius 1 is 0.758 bits per heavy atom. The summed E-state index contributed by atoms with van der Waals surface area (Å²) in [5, 5.41) is 21.3. The highest BCUT2D eigenvalue weighted by atomic mass is 16.5. The maximum atomic E-state index is 10.9. The lowest BCUT2D eigenvalue weighted by molar-refractivity contribution is -0.172. The van der Waals surface area contributed by atoms with Crippen molar-refractivity contribution in [3.05, 3.63) is 0 Å². The van der Waals surface area contributed by atoms with Crippen LogP contribution in [0.1, 0.15) is 112 Å². The van der Waals surface area contributed by atoms with E-state index in [-0.39, 0.29) is 17.6 Å². The van der Waals surface area contributed by atoms with Gasteiger partial charge in [0.05, 0.1) is 24.4 Å². The lowest BCUT2D eigenvalue weighted by atomic mass is 9.41. The second kappa shape index (κ2) is 6.80. The summed E-state index contributed by atoms with van der Waals surface area (Å²) >= 11 is 0. The van der Waals surface area contributed by atoms with Crippen molar-refractivity contribution in [1.29, 1.82) is 0 Å². The van der Waals surface area contributed by atoms with Crippen LogP contribution in [0.2, 0.25) is 0 Å². The van der Waals surface area contributed by atoms with Crippen molar-refractivity contribution in [2.24, 2.45) is 50.7 Å². The summed E-state index contributed by atoms with van der Waals surface area (Å²) < 4.78 is 6.29. The van der Waals surface area contributed by atoms with Crippen LogP contribution in [-0.2, 0) is 4.74 Å². The summed E-state index contributed by atoms with van der Waals surface area (Å²) in [6.45, 7) is 14.8. The van der Waals surface area contributed by atoms with Gasteiger partial charge in [0, 0.05) is 0 Å². The van der Waals surface area contributed by atoms with E-state index in [9.17, 15) is 10.2 Å². The molecule has 0 aromatic heterocycles. The van der Waals surface area contributed by atoms with Crippen LogP contribution in [0.25, 0.3) is 0 Å². The Morgan fingerprint density at radius 3 is 2.12 bits per heavy atom. The van der Waals surface area contributed by atoms with Gasteiger partial charge in [0.2, 0.25) is 0 Å². The smallest absolute Gasteiger partial charge is 0.0856 e. The molecule has 0 aromatic carbocycles. The van der Waals surface area contributed by atoms with Gasteiger partial charge in [-0.1, -0.05) is 27.7 Å². The molecule has 6 aliphatic rings. The molecule has 0 radical (unpaired) electrons. The van der Waals surface area contributed by atoms with Crippen molar-refractivity contribution in [2.45, 2.75) is 130 Å². The molecule has 33 heavy (non-hydrogen) atoms. The van der Waals surface area contributed by atoms with Gasteiger partial charge in [0.1, 0.15) is 0 Å². The summed E-state index contributed by atoms with van der Waals surface area (Å²) in [5.74, 6) is 3.04. The maximum Gasteiger partial charge on any atom is 0.0856 e. The summed E-state index contributed by atoms with van der Waals surface area (Å²) in [6.07, 6.45) is 14.2. The molecule has 2 N–H and O–H groups in total. The first-order valence-corrected chi connectivity index (χ1v) is 14.3. The quantitative estimate of drug-likeness (QED) is 0.507. The monoisotopic (exact) mass is 458 g/mol. The molecule has 6 fully saturated rings. The van der Waals surface area contributed by atoms with Gasteiger partial charge >= 0.3 is 0 Å². The molecule has 5 saturated carbocycles. The Balaban J connectivity index is 1.25. The van der Waals surface area contributed by atoms with E-state index in [2.05, 4.69) is 27.7 Å². The molecule has 0 bridgehead atoms. The van der Waals surface area contributed by atoms with E-state index in [1.165, 1.54) is 57.8 Å². The van der Waals surface area contributed by atoms with Crippen LogP contribution in [0.5, 0.6) is 0 Å². The third-order valence-corrected chi connectivity index (χ3v) is 13.8. The van der Waals surface area contributed by atoms with Crippen LogP contribution in [0, 0.1) is 50.7 Å². The number of hydrogen-bond acceptors (Lipinski definition) is 3. The van der Waals surface area contributed by atoms with Crippen LogP contribution in [-0.4, -0.2) is 34.6 Å². The molecule has 1 saturated heterocycles. The average Bonchev–Trinajstić information content (AvgIpc) is 3.33. The van der Waals surface area contributed by atoms with Gasteiger partial charge in [-0.05, 0) is 135 Å². The molecule has 0 amide bonds. The molecule has 1 aliphatic heterocycles. The molecule has 0 unspecified atom stereocenters. The van der Waals surface area contributed by atoms with Gasteiger partial charge in [-0.25, -0.2) is 0 Å². The van der Waals surface area contributed by atoms with E-state index in [0.29, 0.717) is 27.6 Å². The summed E-state index contributed by atoms with van der Waals surface area (Å²) in [4.78, 5) is 0. The SMILES string of the molecule is CC(C)(O)[C@H]1CC[C@H]([C@H]2CC[C@@]3(C)[C@@H]4CC[C@H]5C(C)(C)[C@@H](O)CC[C@@]56C[C@@]46CC[C@]23C)CO1. The van der Waals surface area contributed by atoms with E-state index in [1.54, 1.807) is 0 Å².